The van der Waals surface area contributed by atoms with Gasteiger partial charge < -0.3 is 10.4 Å². The molecule has 2 fully saturated rings. The molecule has 0 spiro atoms. The number of amides is 1. The van der Waals surface area contributed by atoms with Crippen LogP contribution in [0.25, 0.3) is 0 Å². The minimum Gasteiger partial charge on any atom is -0.481 e. The zero-order valence-electron chi connectivity index (χ0n) is 12.1. The molecule has 0 atom stereocenters. The summed E-state index contributed by atoms with van der Waals surface area (Å²) in [6, 6.07) is 9.88. The van der Waals surface area contributed by atoms with Crippen molar-refractivity contribution in [1.82, 2.24) is 5.32 Å². The van der Waals surface area contributed by atoms with E-state index in [-0.39, 0.29) is 23.2 Å². The third-order valence-electron chi connectivity index (χ3n) is 5.08. The van der Waals surface area contributed by atoms with E-state index in [1.807, 2.05) is 30.3 Å². The minimum absolute atomic E-state index is 0.0605. The van der Waals surface area contributed by atoms with E-state index in [2.05, 4.69) is 5.32 Å². The Bertz CT molecular complexity index is 544. The largest absolute Gasteiger partial charge is 0.481 e. The second kappa shape index (κ2) is 5.17. The Morgan fingerprint density at radius 3 is 2.24 bits per heavy atom. The zero-order valence-corrected chi connectivity index (χ0v) is 12.1. The van der Waals surface area contributed by atoms with E-state index in [4.69, 9.17) is 5.11 Å². The Morgan fingerprint density at radius 1 is 1.10 bits per heavy atom. The molecule has 0 unspecified atom stereocenters. The average Bonchev–Trinajstić information content (AvgIpc) is 3.23. The highest BCUT2D eigenvalue weighted by Crippen LogP contribution is 2.49. The Balaban J connectivity index is 1.63. The Hall–Kier alpha value is -1.84. The van der Waals surface area contributed by atoms with Gasteiger partial charge in [0.15, 0.2) is 0 Å². The number of carbonyl (C=O) groups excluding carboxylic acids is 1. The van der Waals surface area contributed by atoms with Crippen LogP contribution in [0.5, 0.6) is 0 Å². The first-order valence-corrected chi connectivity index (χ1v) is 7.62. The number of carboxylic acids is 1. The predicted molar refractivity (Wildman–Crippen MR) is 78.9 cm³/mol. The van der Waals surface area contributed by atoms with E-state index in [1.165, 1.54) is 0 Å². The normalized spacial score (nSPS) is 21.1. The van der Waals surface area contributed by atoms with Crippen LogP contribution in [0.3, 0.4) is 0 Å². The first-order valence-electron chi connectivity index (χ1n) is 7.62. The molecule has 4 nitrogen and oxygen atoms in total. The molecule has 0 heterocycles. The van der Waals surface area contributed by atoms with Crippen molar-refractivity contribution in [2.45, 2.75) is 43.9 Å². The number of benzene rings is 1. The molecule has 2 aliphatic carbocycles. The highest BCUT2D eigenvalue weighted by atomic mass is 16.4. The first kappa shape index (κ1) is 14.1. The van der Waals surface area contributed by atoms with Gasteiger partial charge in [-0.15, -0.1) is 0 Å². The van der Waals surface area contributed by atoms with Gasteiger partial charge in [-0.25, -0.2) is 0 Å². The molecule has 0 aromatic heterocycles. The molecule has 1 aromatic carbocycles. The van der Waals surface area contributed by atoms with Gasteiger partial charge >= 0.3 is 5.97 Å². The van der Waals surface area contributed by atoms with Crippen LogP contribution in [0.2, 0.25) is 0 Å². The maximum absolute atomic E-state index is 12.5. The van der Waals surface area contributed by atoms with E-state index in [0.29, 0.717) is 6.54 Å². The first-order chi connectivity index (χ1) is 10.1. The summed E-state index contributed by atoms with van der Waals surface area (Å²) in [6.45, 7) is 0.493. The Morgan fingerprint density at radius 2 is 1.76 bits per heavy atom. The average molecular weight is 287 g/mol. The fourth-order valence-electron chi connectivity index (χ4n) is 3.38. The number of hydrogen-bond acceptors (Lipinski definition) is 2. The van der Waals surface area contributed by atoms with Gasteiger partial charge in [0, 0.05) is 6.54 Å². The summed E-state index contributed by atoms with van der Waals surface area (Å²) in [5.41, 5.74) is 0.493. The molecule has 112 valence electrons. The number of rotatable bonds is 6. The number of nitrogens with one attached hydrogen (secondary N) is 1. The van der Waals surface area contributed by atoms with Gasteiger partial charge in [0.25, 0.3) is 0 Å². The lowest BCUT2D eigenvalue weighted by Crippen LogP contribution is -2.46. The Labute approximate surface area is 124 Å². The molecule has 4 heteroatoms. The van der Waals surface area contributed by atoms with Crippen molar-refractivity contribution in [1.29, 1.82) is 0 Å². The molecule has 2 aliphatic rings. The lowest BCUT2D eigenvalue weighted by molar-refractivity contribution is -0.142. The van der Waals surface area contributed by atoms with Crippen LogP contribution in [-0.4, -0.2) is 23.5 Å². The lowest BCUT2D eigenvalue weighted by Gasteiger charge is -2.41. The molecule has 1 amide bonds. The van der Waals surface area contributed by atoms with E-state index in [9.17, 15) is 9.59 Å². The van der Waals surface area contributed by atoms with Crippen LogP contribution in [0.1, 0.15) is 44.1 Å². The summed E-state index contributed by atoms with van der Waals surface area (Å²) in [5, 5.41) is 12.0. The second-order valence-corrected chi connectivity index (χ2v) is 6.55. The van der Waals surface area contributed by atoms with Crippen LogP contribution in [0, 0.1) is 5.41 Å². The SMILES string of the molecule is O=C(O)CC1(CNC(=O)C2(c3ccccc3)CC2)CCC1. The van der Waals surface area contributed by atoms with Crippen molar-refractivity contribution in [2.75, 3.05) is 6.54 Å². The van der Waals surface area contributed by atoms with E-state index in [1.54, 1.807) is 0 Å². The molecule has 0 saturated heterocycles. The highest BCUT2D eigenvalue weighted by molar-refractivity contribution is 5.91. The van der Waals surface area contributed by atoms with Gasteiger partial charge in [-0.2, -0.15) is 0 Å². The van der Waals surface area contributed by atoms with Gasteiger partial charge in [0.05, 0.1) is 11.8 Å². The third kappa shape index (κ3) is 2.67. The van der Waals surface area contributed by atoms with Crippen LogP contribution in [0.4, 0.5) is 0 Å². The van der Waals surface area contributed by atoms with Gasteiger partial charge in [-0.05, 0) is 36.7 Å². The number of carboxylic acid groups (broad SMARTS) is 1. The van der Waals surface area contributed by atoms with Crippen molar-refractivity contribution in [3.05, 3.63) is 35.9 Å². The van der Waals surface area contributed by atoms with Crippen LogP contribution >= 0.6 is 0 Å². The van der Waals surface area contributed by atoms with Gasteiger partial charge in [0.2, 0.25) is 5.91 Å². The molecular weight excluding hydrogens is 266 g/mol. The fourth-order valence-corrected chi connectivity index (χ4v) is 3.38. The van der Waals surface area contributed by atoms with Gasteiger partial charge in [-0.3, -0.25) is 9.59 Å². The molecule has 1 aromatic rings. The van der Waals surface area contributed by atoms with Crippen molar-refractivity contribution < 1.29 is 14.7 Å². The molecular formula is C17H21NO3. The summed E-state index contributed by atoms with van der Waals surface area (Å²) in [7, 11) is 0. The summed E-state index contributed by atoms with van der Waals surface area (Å²) in [4.78, 5) is 23.5. The third-order valence-corrected chi connectivity index (χ3v) is 5.08. The van der Waals surface area contributed by atoms with Crippen LogP contribution in [-0.2, 0) is 15.0 Å². The smallest absolute Gasteiger partial charge is 0.303 e. The van der Waals surface area contributed by atoms with Crippen molar-refractivity contribution >= 4 is 11.9 Å². The summed E-state index contributed by atoms with van der Waals surface area (Å²) < 4.78 is 0. The van der Waals surface area contributed by atoms with E-state index in [0.717, 1.165) is 37.7 Å². The number of aliphatic carboxylic acids is 1. The Kier molecular flexibility index (Phi) is 3.47. The van der Waals surface area contributed by atoms with E-state index < -0.39 is 5.97 Å². The summed E-state index contributed by atoms with van der Waals surface area (Å²) in [6.07, 6.45) is 4.79. The molecule has 0 bridgehead atoms. The minimum atomic E-state index is -0.770. The van der Waals surface area contributed by atoms with Crippen LogP contribution in [0.15, 0.2) is 30.3 Å². The monoisotopic (exact) mass is 287 g/mol. The molecule has 0 radical (unpaired) electrons. The van der Waals surface area contributed by atoms with Crippen molar-refractivity contribution in [2.24, 2.45) is 5.41 Å². The highest BCUT2D eigenvalue weighted by Gasteiger charge is 2.51. The van der Waals surface area contributed by atoms with Crippen molar-refractivity contribution in [3.63, 3.8) is 0 Å². The zero-order chi connectivity index (χ0) is 14.9. The number of carbonyl (C=O) groups is 2. The molecule has 21 heavy (non-hydrogen) atoms. The van der Waals surface area contributed by atoms with Gasteiger partial charge in [-0.1, -0.05) is 36.8 Å². The topological polar surface area (TPSA) is 66.4 Å². The number of hydrogen-bond donors (Lipinski definition) is 2. The lowest BCUT2D eigenvalue weighted by atomic mass is 9.66. The molecule has 0 aliphatic heterocycles. The van der Waals surface area contributed by atoms with Crippen molar-refractivity contribution in [3.8, 4) is 0 Å². The predicted octanol–water partition coefficient (Wildman–Crippen LogP) is 2.48. The molecule has 2 N–H and O–H groups in total. The van der Waals surface area contributed by atoms with Gasteiger partial charge in [0.1, 0.15) is 0 Å². The van der Waals surface area contributed by atoms with E-state index >= 15 is 0 Å². The van der Waals surface area contributed by atoms with Crippen LogP contribution < -0.4 is 5.32 Å². The quantitative estimate of drug-likeness (QED) is 0.844. The maximum Gasteiger partial charge on any atom is 0.303 e. The standard InChI is InChI=1S/C17H21NO3/c19-14(20)11-16(7-4-8-16)12-18-15(21)17(9-10-17)13-5-2-1-3-6-13/h1-3,5-6H,4,7-12H2,(H,18,21)(H,19,20). The molecule has 3 rings (SSSR count). The maximum atomic E-state index is 12.5. The fraction of sp³-hybridized carbons (Fsp3) is 0.529. The molecule has 2 saturated carbocycles. The summed E-state index contributed by atoms with van der Waals surface area (Å²) >= 11 is 0. The second-order valence-electron chi connectivity index (χ2n) is 6.55. The summed E-state index contributed by atoms with van der Waals surface area (Å²) in [5.74, 6) is -0.710.